The zero-order chi connectivity index (χ0) is 19.4. The Kier molecular flexibility index (Phi) is 5.18. The average Bonchev–Trinajstić information content (AvgIpc) is 3.12. The number of nitriles is 1. The number of nitrogens with one attached hydrogen (secondary N) is 1. The van der Waals surface area contributed by atoms with Crippen molar-refractivity contribution < 1.29 is 13.6 Å². The Morgan fingerprint density at radius 3 is 2.63 bits per heavy atom. The summed E-state index contributed by atoms with van der Waals surface area (Å²) >= 11 is 0. The molecule has 0 bridgehead atoms. The largest absolute Gasteiger partial charge is 0.457 e. The van der Waals surface area contributed by atoms with E-state index in [0.29, 0.717) is 22.8 Å². The Labute approximate surface area is 156 Å². The monoisotopic (exact) mass is 360 g/mol. The first-order valence-electron chi connectivity index (χ1n) is 8.33. The lowest BCUT2D eigenvalue weighted by Crippen LogP contribution is -2.14. The third kappa shape index (κ3) is 3.96. The van der Waals surface area contributed by atoms with Crippen LogP contribution in [0.4, 0.5) is 10.1 Å². The third-order valence-corrected chi connectivity index (χ3v) is 4.27. The molecule has 3 rings (SSSR count). The summed E-state index contributed by atoms with van der Waals surface area (Å²) in [5, 5.41) is 12.1. The molecule has 1 amide bonds. The molecule has 4 nitrogen and oxygen atoms in total. The van der Waals surface area contributed by atoms with E-state index in [1.807, 2.05) is 32.0 Å². The average molecular weight is 360 g/mol. The zero-order valence-electron chi connectivity index (χ0n) is 14.9. The van der Waals surface area contributed by atoms with E-state index >= 15 is 0 Å². The molecule has 0 aliphatic carbocycles. The standard InChI is InChI=1S/C22H17FN2O2/c1-14-6-5-9-20(15(14)2)25-22(26)16(13-24)12-17-10-11-21(27-17)18-7-3-4-8-19(18)23/h3-12H,1-2H3,(H,25,26)/b16-12+. The second-order valence-corrected chi connectivity index (χ2v) is 6.05. The van der Waals surface area contributed by atoms with E-state index in [1.54, 1.807) is 36.4 Å². The van der Waals surface area contributed by atoms with Crippen LogP contribution in [0.1, 0.15) is 16.9 Å². The molecule has 0 fully saturated rings. The zero-order valence-corrected chi connectivity index (χ0v) is 14.9. The summed E-state index contributed by atoms with van der Waals surface area (Å²) in [7, 11) is 0. The van der Waals surface area contributed by atoms with Crippen molar-refractivity contribution in [1.82, 2.24) is 0 Å². The highest BCUT2D eigenvalue weighted by molar-refractivity contribution is 6.09. The van der Waals surface area contributed by atoms with Crippen molar-refractivity contribution in [3.05, 3.63) is 82.9 Å². The van der Waals surface area contributed by atoms with Gasteiger partial charge in [-0.15, -0.1) is 0 Å². The number of benzene rings is 2. The molecule has 2 aromatic carbocycles. The predicted octanol–water partition coefficient (Wildman–Crippen LogP) is 5.25. The highest BCUT2D eigenvalue weighted by Crippen LogP contribution is 2.26. The van der Waals surface area contributed by atoms with E-state index in [-0.39, 0.29) is 5.57 Å². The van der Waals surface area contributed by atoms with Crippen LogP contribution in [-0.4, -0.2) is 5.91 Å². The maximum absolute atomic E-state index is 13.9. The summed E-state index contributed by atoms with van der Waals surface area (Å²) < 4.78 is 19.4. The number of nitrogens with zero attached hydrogens (tertiary/aromatic N) is 1. The van der Waals surface area contributed by atoms with Gasteiger partial charge >= 0.3 is 0 Å². The molecule has 1 aromatic heterocycles. The van der Waals surface area contributed by atoms with Crippen LogP contribution in [0.2, 0.25) is 0 Å². The Hall–Kier alpha value is -3.65. The lowest BCUT2D eigenvalue weighted by molar-refractivity contribution is -0.112. The van der Waals surface area contributed by atoms with Gasteiger partial charge in [-0.25, -0.2) is 4.39 Å². The minimum absolute atomic E-state index is 0.106. The van der Waals surface area contributed by atoms with Gasteiger partial charge in [0, 0.05) is 11.8 Å². The number of aryl methyl sites for hydroxylation is 1. The molecule has 3 aromatic rings. The van der Waals surface area contributed by atoms with E-state index < -0.39 is 11.7 Å². The molecule has 0 saturated carbocycles. The van der Waals surface area contributed by atoms with Crippen molar-refractivity contribution >= 4 is 17.7 Å². The van der Waals surface area contributed by atoms with Gasteiger partial charge in [0.1, 0.15) is 29.0 Å². The van der Waals surface area contributed by atoms with E-state index in [1.165, 1.54) is 12.1 Å². The SMILES string of the molecule is Cc1cccc(NC(=O)/C(C#N)=C/c2ccc(-c3ccccc3F)o2)c1C. The Bertz CT molecular complexity index is 1070. The first-order valence-corrected chi connectivity index (χ1v) is 8.33. The summed E-state index contributed by atoms with van der Waals surface area (Å²) in [6.07, 6.45) is 1.34. The van der Waals surface area contributed by atoms with E-state index in [2.05, 4.69) is 5.32 Å². The molecule has 0 saturated heterocycles. The summed E-state index contributed by atoms with van der Waals surface area (Å²) in [5.74, 6) is -0.321. The smallest absolute Gasteiger partial charge is 0.266 e. The number of anilines is 1. The first-order chi connectivity index (χ1) is 13.0. The van der Waals surface area contributed by atoms with Crippen molar-refractivity contribution in [2.45, 2.75) is 13.8 Å². The fourth-order valence-corrected chi connectivity index (χ4v) is 2.60. The molecule has 0 radical (unpaired) electrons. The highest BCUT2D eigenvalue weighted by atomic mass is 19.1. The number of carbonyl (C=O) groups excluding carboxylic acids is 1. The van der Waals surface area contributed by atoms with Gasteiger partial charge in [-0.2, -0.15) is 5.26 Å². The van der Waals surface area contributed by atoms with Crippen LogP contribution in [0.15, 0.2) is 64.6 Å². The number of rotatable bonds is 4. The van der Waals surface area contributed by atoms with Crippen molar-refractivity contribution in [3.63, 3.8) is 0 Å². The molecule has 134 valence electrons. The van der Waals surface area contributed by atoms with Crippen molar-refractivity contribution in [1.29, 1.82) is 5.26 Å². The Balaban J connectivity index is 1.85. The molecule has 5 heteroatoms. The molecule has 1 heterocycles. The summed E-state index contributed by atoms with van der Waals surface area (Å²) in [6, 6.07) is 16.9. The van der Waals surface area contributed by atoms with E-state index in [9.17, 15) is 14.4 Å². The molecular weight excluding hydrogens is 343 g/mol. The Morgan fingerprint density at radius 1 is 1.11 bits per heavy atom. The number of hydrogen-bond acceptors (Lipinski definition) is 3. The van der Waals surface area contributed by atoms with Gasteiger partial charge in [0.2, 0.25) is 0 Å². The normalized spacial score (nSPS) is 11.1. The number of carbonyl (C=O) groups is 1. The lowest BCUT2D eigenvalue weighted by Gasteiger charge is -2.09. The van der Waals surface area contributed by atoms with E-state index in [4.69, 9.17) is 4.42 Å². The first kappa shape index (κ1) is 18.2. The molecule has 0 aliphatic heterocycles. The Morgan fingerprint density at radius 2 is 1.89 bits per heavy atom. The molecule has 0 spiro atoms. The van der Waals surface area contributed by atoms with Gasteiger partial charge in [-0.05, 0) is 55.3 Å². The predicted molar refractivity (Wildman–Crippen MR) is 102 cm³/mol. The topological polar surface area (TPSA) is 66.0 Å². The highest BCUT2D eigenvalue weighted by Gasteiger charge is 2.14. The van der Waals surface area contributed by atoms with Gasteiger partial charge in [-0.1, -0.05) is 24.3 Å². The molecule has 1 N–H and O–H groups in total. The van der Waals surface area contributed by atoms with Gasteiger partial charge in [-0.3, -0.25) is 4.79 Å². The van der Waals surface area contributed by atoms with Gasteiger partial charge in [0.05, 0.1) is 5.56 Å². The second-order valence-electron chi connectivity index (χ2n) is 6.05. The van der Waals surface area contributed by atoms with Gasteiger partial charge in [0.15, 0.2) is 0 Å². The van der Waals surface area contributed by atoms with Crippen LogP contribution in [0.3, 0.4) is 0 Å². The van der Waals surface area contributed by atoms with Gasteiger partial charge in [0.25, 0.3) is 5.91 Å². The second kappa shape index (κ2) is 7.71. The molecule has 0 aliphatic rings. The minimum atomic E-state index is -0.532. The van der Waals surface area contributed by atoms with E-state index in [0.717, 1.165) is 11.1 Å². The van der Waals surface area contributed by atoms with Crippen LogP contribution in [-0.2, 0) is 4.79 Å². The minimum Gasteiger partial charge on any atom is -0.457 e. The van der Waals surface area contributed by atoms with Crippen LogP contribution in [0.25, 0.3) is 17.4 Å². The summed E-state index contributed by atoms with van der Waals surface area (Å²) in [5.41, 5.74) is 2.83. The summed E-state index contributed by atoms with van der Waals surface area (Å²) in [4.78, 5) is 12.4. The summed E-state index contributed by atoms with van der Waals surface area (Å²) in [6.45, 7) is 3.84. The van der Waals surface area contributed by atoms with Crippen LogP contribution < -0.4 is 5.32 Å². The van der Waals surface area contributed by atoms with Crippen LogP contribution in [0.5, 0.6) is 0 Å². The van der Waals surface area contributed by atoms with Crippen molar-refractivity contribution in [2.24, 2.45) is 0 Å². The van der Waals surface area contributed by atoms with Gasteiger partial charge < -0.3 is 9.73 Å². The third-order valence-electron chi connectivity index (χ3n) is 4.27. The fraction of sp³-hybridized carbons (Fsp3) is 0.0909. The quantitative estimate of drug-likeness (QED) is 0.510. The van der Waals surface area contributed by atoms with Crippen LogP contribution in [0, 0.1) is 31.0 Å². The molecular formula is C22H17FN2O2. The molecule has 0 atom stereocenters. The maximum atomic E-state index is 13.9. The molecule has 27 heavy (non-hydrogen) atoms. The molecule has 0 unspecified atom stereocenters. The number of hydrogen-bond donors (Lipinski definition) is 1. The number of halogens is 1. The van der Waals surface area contributed by atoms with Crippen LogP contribution >= 0.6 is 0 Å². The van der Waals surface area contributed by atoms with Crippen molar-refractivity contribution in [3.8, 4) is 17.4 Å². The lowest BCUT2D eigenvalue weighted by atomic mass is 10.1. The maximum Gasteiger partial charge on any atom is 0.266 e. The fourth-order valence-electron chi connectivity index (χ4n) is 2.60. The number of amides is 1. The number of furan rings is 1. The van der Waals surface area contributed by atoms with Crippen molar-refractivity contribution in [2.75, 3.05) is 5.32 Å².